The van der Waals surface area contributed by atoms with Crippen LogP contribution in [0, 0.1) is 5.92 Å². The Morgan fingerprint density at radius 1 is 1.37 bits per heavy atom. The first-order valence-corrected chi connectivity index (χ1v) is 7.39. The Hall–Kier alpha value is -1.43. The Morgan fingerprint density at radius 3 is 2.42 bits per heavy atom. The van der Waals surface area contributed by atoms with Gasteiger partial charge in [0.05, 0.1) is 0 Å². The van der Waals surface area contributed by atoms with Crippen molar-refractivity contribution in [1.29, 1.82) is 0 Å². The van der Waals surface area contributed by atoms with Gasteiger partial charge < -0.3 is 10.0 Å². The number of hydrogen-bond donors (Lipinski definition) is 1. The van der Waals surface area contributed by atoms with Crippen molar-refractivity contribution in [2.45, 2.75) is 33.6 Å². The molecule has 0 saturated heterocycles. The van der Waals surface area contributed by atoms with E-state index in [2.05, 4.69) is 18.8 Å². The second-order valence-corrected chi connectivity index (χ2v) is 5.23. The molecule has 1 N–H and O–H groups in total. The van der Waals surface area contributed by atoms with Crippen LogP contribution in [0.25, 0.3) is 0 Å². The summed E-state index contributed by atoms with van der Waals surface area (Å²) in [6.07, 6.45) is 2.05. The maximum absolute atomic E-state index is 12.3. The summed E-state index contributed by atoms with van der Waals surface area (Å²) in [5.41, 5.74) is -0.0630. The Labute approximate surface area is 117 Å². The lowest BCUT2D eigenvalue weighted by molar-refractivity contribution is 0.0691. The highest BCUT2D eigenvalue weighted by molar-refractivity contribution is 7.11. The van der Waals surface area contributed by atoms with Crippen LogP contribution in [-0.4, -0.2) is 40.0 Å². The third kappa shape index (κ3) is 4.02. The molecule has 1 heterocycles. The molecule has 0 radical (unpaired) electrons. The van der Waals surface area contributed by atoms with Gasteiger partial charge in [0, 0.05) is 18.5 Å². The Bertz CT molecular complexity index is 441. The number of aromatic carboxylic acids is 1. The molecule has 0 aromatic carbocycles. The van der Waals surface area contributed by atoms with Gasteiger partial charge in [0.1, 0.15) is 0 Å². The lowest BCUT2D eigenvalue weighted by Gasteiger charge is -2.24. The van der Waals surface area contributed by atoms with E-state index in [9.17, 15) is 9.59 Å². The van der Waals surface area contributed by atoms with Crippen molar-refractivity contribution in [1.82, 2.24) is 9.88 Å². The fraction of sp³-hybridized carbons (Fsp3) is 0.615. The minimum absolute atomic E-state index is 0.0630. The SMILES string of the molecule is CCC(CC)CN(CC)C(=O)c1nc(C(=O)O)cs1. The first-order chi connectivity index (χ1) is 9.03. The van der Waals surface area contributed by atoms with Crippen molar-refractivity contribution < 1.29 is 14.7 Å². The molecule has 6 heteroatoms. The van der Waals surface area contributed by atoms with E-state index in [0.717, 1.165) is 24.2 Å². The fourth-order valence-corrected chi connectivity index (χ4v) is 2.58. The van der Waals surface area contributed by atoms with Crippen molar-refractivity contribution in [3.8, 4) is 0 Å². The van der Waals surface area contributed by atoms with Gasteiger partial charge in [-0.15, -0.1) is 11.3 Å². The van der Waals surface area contributed by atoms with Gasteiger partial charge in [0.15, 0.2) is 10.7 Å². The normalized spacial score (nSPS) is 10.7. The van der Waals surface area contributed by atoms with Crippen molar-refractivity contribution in [2.24, 2.45) is 5.92 Å². The van der Waals surface area contributed by atoms with E-state index in [1.54, 1.807) is 4.90 Å². The predicted molar refractivity (Wildman–Crippen MR) is 74.7 cm³/mol. The average molecular weight is 284 g/mol. The van der Waals surface area contributed by atoms with Crippen LogP contribution in [0.5, 0.6) is 0 Å². The fourth-order valence-electron chi connectivity index (χ4n) is 1.82. The molecule has 0 aliphatic heterocycles. The first-order valence-electron chi connectivity index (χ1n) is 6.51. The van der Waals surface area contributed by atoms with Crippen molar-refractivity contribution in [2.75, 3.05) is 13.1 Å². The van der Waals surface area contributed by atoms with Gasteiger partial charge in [-0.3, -0.25) is 4.79 Å². The Morgan fingerprint density at radius 2 is 2.00 bits per heavy atom. The number of carbonyl (C=O) groups excluding carboxylic acids is 1. The summed E-state index contributed by atoms with van der Waals surface area (Å²) in [4.78, 5) is 28.6. The van der Waals surface area contributed by atoms with Crippen LogP contribution in [0.15, 0.2) is 5.38 Å². The minimum Gasteiger partial charge on any atom is -0.476 e. The quantitative estimate of drug-likeness (QED) is 0.835. The lowest BCUT2D eigenvalue weighted by atomic mass is 10.0. The number of carboxylic acids is 1. The molecule has 0 aliphatic carbocycles. The molecule has 1 amide bonds. The van der Waals surface area contributed by atoms with Crippen molar-refractivity contribution in [3.05, 3.63) is 16.1 Å². The van der Waals surface area contributed by atoms with E-state index in [1.165, 1.54) is 5.38 Å². The van der Waals surface area contributed by atoms with E-state index >= 15 is 0 Å². The van der Waals surface area contributed by atoms with E-state index in [-0.39, 0.29) is 16.6 Å². The summed E-state index contributed by atoms with van der Waals surface area (Å²) in [5.74, 6) is -0.798. The van der Waals surface area contributed by atoms with Crippen molar-refractivity contribution >= 4 is 23.2 Å². The third-order valence-electron chi connectivity index (χ3n) is 3.21. The monoisotopic (exact) mass is 284 g/mol. The zero-order valence-electron chi connectivity index (χ0n) is 11.5. The molecule has 0 saturated carbocycles. The van der Waals surface area contributed by atoms with Crippen LogP contribution in [0.1, 0.15) is 53.9 Å². The molecule has 1 rings (SSSR count). The summed E-state index contributed by atoms with van der Waals surface area (Å²) in [6, 6.07) is 0. The molecule has 0 bridgehead atoms. The molecule has 0 aliphatic rings. The maximum atomic E-state index is 12.3. The van der Waals surface area contributed by atoms with E-state index in [4.69, 9.17) is 5.11 Å². The molecular weight excluding hydrogens is 264 g/mol. The zero-order chi connectivity index (χ0) is 14.4. The van der Waals surface area contributed by atoms with Crippen LogP contribution < -0.4 is 0 Å². The zero-order valence-corrected chi connectivity index (χ0v) is 12.4. The maximum Gasteiger partial charge on any atom is 0.355 e. The van der Waals surface area contributed by atoms with Crippen LogP contribution in [-0.2, 0) is 0 Å². The summed E-state index contributed by atoms with van der Waals surface area (Å²) in [7, 11) is 0. The van der Waals surface area contributed by atoms with Crippen LogP contribution in [0.4, 0.5) is 0 Å². The second kappa shape index (κ2) is 7.23. The number of rotatable bonds is 7. The van der Waals surface area contributed by atoms with Gasteiger partial charge in [-0.1, -0.05) is 26.7 Å². The summed E-state index contributed by atoms with van der Waals surface area (Å²) in [6.45, 7) is 7.45. The largest absolute Gasteiger partial charge is 0.476 e. The smallest absolute Gasteiger partial charge is 0.355 e. The minimum atomic E-state index is -1.10. The third-order valence-corrected chi connectivity index (χ3v) is 4.04. The Balaban J connectivity index is 2.79. The van der Waals surface area contributed by atoms with Crippen molar-refractivity contribution in [3.63, 3.8) is 0 Å². The van der Waals surface area contributed by atoms with Crippen LogP contribution in [0.2, 0.25) is 0 Å². The molecule has 0 atom stereocenters. The topological polar surface area (TPSA) is 70.5 Å². The Kier molecular flexibility index (Phi) is 5.95. The molecule has 0 unspecified atom stereocenters. The number of hydrogen-bond acceptors (Lipinski definition) is 4. The predicted octanol–water partition coefficient (Wildman–Crippen LogP) is 2.74. The number of thiazole rings is 1. The summed E-state index contributed by atoms with van der Waals surface area (Å²) < 4.78 is 0. The van der Waals surface area contributed by atoms with Gasteiger partial charge in [0.2, 0.25) is 0 Å². The molecule has 0 fully saturated rings. The average Bonchev–Trinajstić information content (AvgIpc) is 2.89. The molecule has 106 valence electrons. The number of amides is 1. The van der Waals surface area contributed by atoms with Gasteiger partial charge in [-0.05, 0) is 12.8 Å². The summed E-state index contributed by atoms with van der Waals surface area (Å²) >= 11 is 1.09. The number of nitrogens with zero attached hydrogens (tertiary/aromatic N) is 2. The van der Waals surface area contributed by atoms with E-state index < -0.39 is 5.97 Å². The van der Waals surface area contributed by atoms with Gasteiger partial charge >= 0.3 is 5.97 Å². The standard InChI is InChI=1S/C13H20N2O3S/c1-4-9(5-2)7-15(6-3)12(16)11-14-10(8-19-11)13(17)18/h8-9H,4-7H2,1-3H3,(H,17,18). The molecular formula is C13H20N2O3S. The number of aromatic nitrogens is 1. The van der Waals surface area contributed by atoms with Gasteiger partial charge in [0.25, 0.3) is 5.91 Å². The van der Waals surface area contributed by atoms with E-state index in [1.807, 2.05) is 6.92 Å². The van der Waals surface area contributed by atoms with Gasteiger partial charge in [-0.2, -0.15) is 0 Å². The lowest BCUT2D eigenvalue weighted by Crippen LogP contribution is -2.35. The molecule has 0 spiro atoms. The number of carboxylic acid groups (broad SMARTS) is 1. The first kappa shape index (κ1) is 15.6. The van der Waals surface area contributed by atoms with Gasteiger partial charge in [-0.25, -0.2) is 9.78 Å². The summed E-state index contributed by atoms with van der Waals surface area (Å²) in [5, 5.41) is 10.5. The highest BCUT2D eigenvalue weighted by Crippen LogP contribution is 2.16. The number of carbonyl (C=O) groups is 2. The van der Waals surface area contributed by atoms with E-state index in [0.29, 0.717) is 19.0 Å². The highest BCUT2D eigenvalue weighted by Gasteiger charge is 2.21. The molecule has 1 aromatic heterocycles. The second-order valence-electron chi connectivity index (χ2n) is 4.37. The molecule has 19 heavy (non-hydrogen) atoms. The van der Waals surface area contributed by atoms with Crippen LogP contribution in [0.3, 0.4) is 0 Å². The van der Waals surface area contributed by atoms with Crippen LogP contribution >= 0.6 is 11.3 Å². The highest BCUT2D eigenvalue weighted by atomic mass is 32.1. The molecule has 5 nitrogen and oxygen atoms in total. The molecule has 1 aromatic rings.